The van der Waals surface area contributed by atoms with Crippen LogP contribution in [0.5, 0.6) is 17.4 Å². The van der Waals surface area contributed by atoms with Crippen LogP contribution in [0.25, 0.3) is 10.9 Å². The Kier molecular flexibility index (Phi) is 10.4. The first-order chi connectivity index (χ1) is 23.1. The molecule has 48 heavy (non-hydrogen) atoms. The van der Waals surface area contributed by atoms with Crippen LogP contribution >= 0.6 is 11.3 Å². The lowest BCUT2D eigenvalue weighted by Gasteiger charge is -2.34. The number of carbonyl (C=O) groups is 3. The second-order valence-corrected chi connectivity index (χ2v) is 15.1. The Morgan fingerprint density at radius 2 is 1.94 bits per heavy atom. The Labute approximate surface area is 285 Å². The molecule has 3 aromatic rings. The summed E-state index contributed by atoms with van der Waals surface area (Å²) in [4.78, 5) is 50.6. The number of nitrogens with zero attached hydrogens (tertiary/aromatic N) is 3. The third kappa shape index (κ3) is 7.85. The van der Waals surface area contributed by atoms with Crippen LogP contribution in [0.4, 0.5) is 4.79 Å². The van der Waals surface area contributed by atoms with Crippen molar-refractivity contribution in [3.8, 4) is 17.4 Å². The highest BCUT2D eigenvalue weighted by atomic mass is 32.1. The summed E-state index contributed by atoms with van der Waals surface area (Å²) in [7, 11) is 1.64. The molecule has 0 spiro atoms. The van der Waals surface area contributed by atoms with E-state index in [-0.39, 0.29) is 37.0 Å². The summed E-state index contributed by atoms with van der Waals surface area (Å²) >= 11 is 1.56. The summed E-state index contributed by atoms with van der Waals surface area (Å²) in [6, 6.07) is 4.29. The van der Waals surface area contributed by atoms with Crippen LogP contribution in [0.1, 0.15) is 81.5 Å². The second-order valence-electron chi connectivity index (χ2n) is 14.1. The number of aromatic nitrogens is 2. The predicted octanol–water partition coefficient (Wildman–Crippen LogP) is 6.17. The summed E-state index contributed by atoms with van der Waals surface area (Å²) in [5, 5.41) is 6.64. The van der Waals surface area contributed by atoms with Gasteiger partial charge in [-0.15, -0.1) is 11.3 Å². The molecule has 2 amide bonds. The fourth-order valence-corrected chi connectivity index (χ4v) is 7.78. The van der Waals surface area contributed by atoms with Crippen LogP contribution in [0, 0.1) is 18.3 Å². The van der Waals surface area contributed by atoms with Crippen molar-refractivity contribution in [3.05, 3.63) is 39.8 Å². The molecule has 2 fully saturated rings. The number of benzene rings is 1. The molecule has 0 unspecified atom stereocenters. The van der Waals surface area contributed by atoms with E-state index in [1.165, 1.54) is 0 Å². The standard InChI is InChI=1S/C36H46N4O7S/c1-22-37-25(20-48-22)19-45-32-16-31-28-13-24(30(44-4)15-29(28)38-32)11-8-12-36(2,3)21-46-35(43)39-33(23-9-6-5-7-10-23)34(42)40-17-27(47-31)14-26(40)18-41/h13,15-16,18,20,23,26-27,33H,5-12,14,17,19,21H2,1-4H3,(H,39,43)/t26-,27+,33-/m0/s1. The number of hydrogen-bond acceptors (Lipinski definition) is 10. The number of aldehydes is 1. The van der Waals surface area contributed by atoms with E-state index in [1.54, 1.807) is 29.4 Å². The van der Waals surface area contributed by atoms with Crippen molar-refractivity contribution in [2.45, 2.75) is 103 Å². The van der Waals surface area contributed by atoms with E-state index in [4.69, 9.17) is 23.9 Å². The maximum Gasteiger partial charge on any atom is 0.407 e. The zero-order chi connectivity index (χ0) is 33.8. The van der Waals surface area contributed by atoms with Crippen LogP contribution in [0.2, 0.25) is 0 Å². The van der Waals surface area contributed by atoms with E-state index >= 15 is 0 Å². The largest absolute Gasteiger partial charge is 0.496 e. The van der Waals surface area contributed by atoms with E-state index in [1.807, 2.05) is 18.4 Å². The minimum absolute atomic E-state index is 0.0246. The van der Waals surface area contributed by atoms with Crippen LogP contribution in [-0.2, 0) is 27.4 Å². The van der Waals surface area contributed by atoms with Gasteiger partial charge in [-0.1, -0.05) is 33.1 Å². The molecule has 6 rings (SSSR count). The molecule has 1 saturated carbocycles. The van der Waals surface area contributed by atoms with E-state index in [0.717, 1.165) is 79.3 Å². The first-order valence-electron chi connectivity index (χ1n) is 17.0. The summed E-state index contributed by atoms with van der Waals surface area (Å²) in [6.45, 7) is 6.77. The molecule has 2 aliphatic heterocycles. The van der Waals surface area contributed by atoms with Gasteiger partial charge in [-0.25, -0.2) is 14.8 Å². The van der Waals surface area contributed by atoms with Gasteiger partial charge >= 0.3 is 6.09 Å². The van der Waals surface area contributed by atoms with Crippen molar-refractivity contribution in [3.63, 3.8) is 0 Å². The highest BCUT2D eigenvalue weighted by molar-refractivity contribution is 7.09. The maximum absolute atomic E-state index is 14.2. The first-order valence-corrected chi connectivity index (χ1v) is 17.9. The number of methoxy groups -OCH3 is 1. The van der Waals surface area contributed by atoms with E-state index < -0.39 is 24.3 Å². The SMILES string of the molecule is COc1cc2nc(OCc3csc(C)n3)cc3c2cc1CCCC(C)(C)COC(=O)N[C@@H](C1CCCCC1)C(=O)N1C[C@@H](C[C@H]1C=O)O3. The normalized spacial score (nSPS) is 23.9. The summed E-state index contributed by atoms with van der Waals surface area (Å²) < 4.78 is 24.3. The van der Waals surface area contributed by atoms with Gasteiger partial charge in [-0.3, -0.25) is 4.79 Å². The molecule has 12 heteroatoms. The third-order valence-corrected chi connectivity index (χ3v) is 10.6. The fourth-order valence-electron chi connectivity index (χ4n) is 7.18. The quantitative estimate of drug-likeness (QED) is 0.304. The monoisotopic (exact) mass is 678 g/mol. The number of rotatable bonds is 6. The number of ether oxygens (including phenoxy) is 4. The zero-order valence-electron chi connectivity index (χ0n) is 28.3. The van der Waals surface area contributed by atoms with Gasteiger partial charge in [0.1, 0.15) is 36.5 Å². The van der Waals surface area contributed by atoms with Crippen LogP contribution in [0.15, 0.2) is 23.6 Å². The van der Waals surface area contributed by atoms with Gasteiger partial charge < -0.3 is 34.0 Å². The molecule has 3 atom stereocenters. The van der Waals surface area contributed by atoms with Gasteiger partial charge in [0.25, 0.3) is 0 Å². The molecule has 2 aromatic heterocycles. The van der Waals surface area contributed by atoms with Gasteiger partial charge in [-0.2, -0.15) is 0 Å². The maximum atomic E-state index is 14.2. The number of nitrogens with one attached hydrogen (secondary N) is 1. The van der Waals surface area contributed by atoms with Gasteiger partial charge in [0.05, 0.1) is 42.5 Å². The number of cyclic esters (lactones) is 1. The molecule has 4 heterocycles. The molecule has 11 nitrogen and oxygen atoms in total. The van der Waals surface area contributed by atoms with Crippen LogP contribution in [0.3, 0.4) is 0 Å². The Hall–Kier alpha value is -3.93. The lowest BCUT2D eigenvalue weighted by Crippen LogP contribution is -2.54. The average Bonchev–Trinajstić information content (AvgIpc) is 3.70. The number of aryl methyl sites for hydroxylation is 2. The number of alkyl carbamates (subject to hydrolysis) is 1. The molecular weight excluding hydrogens is 632 g/mol. The van der Waals surface area contributed by atoms with E-state index in [9.17, 15) is 14.4 Å². The lowest BCUT2D eigenvalue weighted by molar-refractivity contribution is -0.138. The molecule has 1 aliphatic carbocycles. The lowest BCUT2D eigenvalue weighted by atomic mass is 9.83. The predicted molar refractivity (Wildman–Crippen MR) is 182 cm³/mol. The fraction of sp³-hybridized carbons (Fsp3) is 0.583. The van der Waals surface area contributed by atoms with Gasteiger partial charge in [-0.05, 0) is 62.0 Å². The summed E-state index contributed by atoms with van der Waals surface area (Å²) in [6.07, 6.45) is 7.20. The Balaban J connectivity index is 1.37. The molecule has 0 radical (unpaired) electrons. The number of fused-ring (bicyclic) bond motifs is 3. The Morgan fingerprint density at radius 1 is 1.12 bits per heavy atom. The first kappa shape index (κ1) is 34.0. The molecular formula is C36H46N4O7S. The molecule has 4 bridgehead atoms. The minimum Gasteiger partial charge on any atom is -0.496 e. The van der Waals surface area contributed by atoms with Crippen molar-refractivity contribution in [2.75, 3.05) is 20.3 Å². The molecule has 1 aromatic carbocycles. The molecule has 1 saturated heterocycles. The topological polar surface area (TPSA) is 129 Å². The average molecular weight is 679 g/mol. The van der Waals surface area contributed by atoms with Gasteiger partial charge in [0.15, 0.2) is 0 Å². The molecule has 258 valence electrons. The van der Waals surface area contributed by atoms with Crippen LogP contribution in [-0.4, -0.2) is 71.6 Å². The highest BCUT2D eigenvalue weighted by Crippen LogP contribution is 2.37. The van der Waals surface area contributed by atoms with Gasteiger partial charge in [0.2, 0.25) is 11.8 Å². The van der Waals surface area contributed by atoms with E-state index in [0.29, 0.717) is 29.3 Å². The summed E-state index contributed by atoms with van der Waals surface area (Å²) in [5.74, 6) is 1.35. The Morgan fingerprint density at radius 3 is 2.67 bits per heavy atom. The smallest absolute Gasteiger partial charge is 0.407 e. The molecule has 1 N–H and O–H groups in total. The number of hydrogen-bond donors (Lipinski definition) is 1. The summed E-state index contributed by atoms with van der Waals surface area (Å²) in [5.41, 5.74) is 2.18. The van der Waals surface area contributed by atoms with Gasteiger partial charge in [0, 0.05) is 29.3 Å². The zero-order valence-corrected chi connectivity index (χ0v) is 29.1. The number of amides is 2. The van der Waals surface area contributed by atoms with Crippen molar-refractivity contribution in [1.29, 1.82) is 0 Å². The second kappa shape index (κ2) is 14.7. The van der Waals surface area contributed by atoms with Crippen molar-refractivity contribution in [2.24, 2.45) is 11.3 Å². The number of carbonyl (C=O) groups excluding carboxylic acids is 3. The minimum atomic E-state index is -0.771. The van der Waals surface area contributed by atoms with Crippen molar-refractivity contribution >= 4 is 40.5 Å². The van der Waals surface area contributed by atoms with Crippen LogP contribution < -0.4 is 19.5 Å². The van der Waals surface area contributed by atoms with Crippen molar-refractivity contribution in [1.82, 2.24) is 20.2 Å². The Bertz CT molecular complexity index is 1640. The third-order valence-electron chi connectivity index (χ3n) is 9.78. The highest BCUT2D eigenvalue weighted by Gasteiger charge is 2.42. The number of pyridine rings is 1. The van der Waals surface area contributed by atoms with E-state index in [2.05, 4.69) is 30.2 Å². The molecule has 3 aliphatic rings. The number of thiazole rings is 1. The van der Waals surface area contributed by atoms with Crippen molar-refractivity contribution < 1.29 is 33.3 Å².